The number of piperidine rings is 1. The van der Waals surface area contributed by atoms with E-state index in [2.05, 4.69) is 52.0 Å². The number of nitrogens with zero attached hydrogens (tertiary/aromatic N) is 6. The molecule has 3 aliphatic heterocycles. The molecule has 44 heavy (non-hydrogen) atoms. The Kier molecular flexibility index (Phi) is 8.76. The van der Waals surface area contributed by atoms with E-state index < -0.39 is 11.7 Å². The van der Waals surface area contributed by atoms with E-state index in [0.717, 1.165) is 71.7 Å². The number of carbonyl (C=O) groups excluding carboxylic acids is 1. The van der Waals surface area contributed by atoms with Gasteiger partial charge in [0.25, 0.3) is 5.91 Å². The number of hydrogen-bond donors (Lipinski definition) is 1. The number of halogens is 2. The summed E-state index contributed by atoms with van der Waals surface area (Å²) in [4.78, 5) is 18.8. The molecule has 1 aromatic carbocycles. The zero-order valence-electron chi connectivity index (χ0n) is 26.2. The van der Waals surface area contributed by atoms with Crippen molar-refractivity contribution in [2.24, 2.45) is 0 Å². The van der Waals surface area contributed by atoms with Gasteiger partial charge in [0, 0.05) is 61.5 Å². The summed E-state index contributed by atoms with van der Waals surface area (Å²) in [5, 5.41) is 14.5. The molecule has 5 heterocycles. The van der Waals surface area contributed by atoms with Gasteiger partial charge in [0.2, 0.25) is 0 Å². The highest BCUT2D eigenvalue weighted by atomic mass is 35.5. The summed E-state index contributed by atoms with van der Waals surface area (Å²) in [6, 6.07) is 2.09. The molecule has 1 amide bonds. The number of rotatable bonds is 7. The first kappa shape index (κ1) is 31.0. The number of amides is 1. The number of carbonyl (C=O) groups is 1. The van der Waals surface area contributed by atoms with Crippen LogP contribution in [0.5, 0.6) is 0 Å². The molecule has 0 unspecified atom stereocenters. The number of anilines is 1. The molecule has 0 saturated carbocycles. The van der Waals surface area contributed by atoms with Crippen molar-refractivity contribution in [1.82, 2.24) is 29.8 Å². The maximum absolute atomic E-state index is 13.6. The molecule has 238 valence electrons. The predicted molar refractivity (Wildman–Crippen MR) is 170 cm³/mol. The number of piperazine rings is 1. The molecule has 0 aliphatic carbocycles. The van der Waals surface area contributed by atoms with Crippen molar-refractivity contribution < 1.29 is 18.7 Å². The number of aryl methyl sites for hydroxylation is 1. The van der Waals surface area contributed by atoms with Gasteiger partial charge in [-0.05, 0) is 51.7 Å². The van der Waals surface area contributed by atoms with Gasteiger partial charge < -0.3 is 19.3 Å². The Morgan fingerprint density at radius 3 is 2.66 bits per heavy atom. The molecule has 10 nitrogen and oxygen atoms in total. The van der Waals surface area contributed by atoms with E-state index in [-0.39, 0.29) is 17.7 Å². The molecule has 12 heteroatoms. The van der Waals surface area contributed by atoms with Crippen LogP contribution in [0.4, 0.5) is 10.2 Å². The summed E-state index contributed by atoms with van der Waals surface area (Å²) < 4.78 is 27.4. The van der Waals surface area contributed by atoms with Crippen LogP contribution in [-0.4, -0.2) is 106 Å². The van der Waals surface area contributed by atoms with Crippen molar-refractivity contribution in [3.8, 4) is 11.1 Å². The van der Waals surface area contributed by atoms with Gasteiger partial charge in [-0.2, -0.15) is 10.2 Å². The van der Waals surface area contributed by atoms with E-state index in [0.29, 0.717) is 50.8 Å². The standard InChI is InChI=1S/C32H43ClFN7O3/c1-6-32(5)19-38(17-24-18-43-13-14-44-24)11-12-40(32)30-27(28-25-16-35-36-26(25)15-20(2)29(28)33)22(4)41(37-30)23-7-9-39(10-8-23)31(42)21(3)34/h15-16,23-24H,3,6-14,17-19H2,1-2,4-5H3,(H,35,36)/t24-,32+/m1/s1. The summed E-state index contributed by atoms with van der Waals surface area (Å²) in [5.41, 5.74) is 4.66. The van der Waals surface area contributed by atoms with Crippen LogP contribution < -0.4 is 4.90 Å². The highest BCUT2D eigenvalue weighted by Gasteiger charge is 2.41. The molecule has 2 atom stereocenters. The zero-order chi connectivity index (χ0) is 31.2. The Labute approximate surface area is 263 Å². The Morgan fingerprint density at radius 1 is 1.20 bits per heavy atom. The minimum Gasteiger partial charge on any atom is -0.376 e. The Balaban J connectivity index is 1.40. The van der Waals surface area contributed by atoms with Crippen molar-refractivity contribution in [3.63, 3.8) is 0 Å². The van der Waals surface area contributed by atoms with E-state index in [1.54, 1.807) is 4.90 Å². The number of ether oxygens (including phenoxy) is 2. The normalized spacial score (nSPS) is 23.9. The van der Waals surface area contributed by atoms with Crippen molar-refractivity contribution in [3.05, 3.63) is 40.9 Å². The van der Waals surface area contributed by atoms with Crippen LogP contribution in [0.3, 0.4) is 0 Å². The van der Waals surface area contributed by atoms with Crippen LogP contribution >= 0.6 is 11.6 Å². The molecular weight excluding hydrogens is 585 g/mol. The number of aromatic nitrogens is 4. The van der Waals surface area contributed by atoms with Crippen molar-refractivity contribution in [1.29, 1.82) is 0 Å². The number of fused-ring (bicyclic) bond motifs is 1. The minimum absolute atomic E-state index is 0.0560. The highest BCUT2D eigenvalue weighted by molar-refractivity contribution is 6.36. The second kappa shape index (κ2) is 12.4. The van der Waals surface area contributed by atoms with Crippen LogP contribution in [0.25, 0.3) is 22.0 Å². The first-order valence-corrected chi connectivity index (χ1v) is 16.0. The van der Waals surface area contributed by atoms with E-state index in [4.69, 9.17) is 26.2 Å². The zero-order valence-corrected chi connectivity index (χ0v) is 26.9. The molecule has 1 N–H and O–H groups in total. The van der Waals surface area contributed by atoms with Crippen molar-refractivity contribution >= 4 is 34.2 Å². The highest BCUT2D eigenvalue weighted by Crippen LogP contribution is 2.46. The summed E-state index contributed by atoms with van der Waals surface area (Å²) >= 11 is 7.14. The van der Waals surface area contributed by atoms with Crippen LogP contribution in [0.15, 0.2) is 24.7 Å². The van der Waals surface area contributed by atoms with E-state index in [9.17, 15) is 9.18 Å². The van der Waals surface area contributed by atoms with Gasteiger partial charge in [-0.3, -0.25) is 19.5 Å². The van der Waals surface area contributed by atoms with Crippen LogP contribution in [0.1, 0.15) is 50.4 Å². The number of H-pyrrole nitrogens is 1. The molecule has 0 spiro atoms. The van der Waals surface area contributed by atoms with Gasteiger partial charge >= 0.3 is 0 Å². The van der Waals surface area contributed by atoms with Gasteiger partial charge in [0.05, 0.1) is 54.2 Å². The molecule has 3 aliphatic rings. The second-order valence-corrected chi connectivity index (χ2v) is 13.1. The number of benzene rings is 1. The summed E-state index contributed by atoms with van der Waals surface area (Å²) in [6.45, 7) is 18.1. The van der Waals surface area contributed by atoms with E-state index >= 15 is 0 Å². The largest absolute Gasteiger partial charge is 0.376 e. The van der Waals surface area contributed by atoms with Gasteiger partial charge in [0.15, 0.2) is 11.6 Å². The molecule has 0 radical (unpaired) electrons. The number of hydrogen-bond acceptors (Lipinski definition) is 7. The fraction of sp³-hybridized carbons (Fsp3) is 0.594. The third-order valence-electron chi connectivity index (χ3n) is 9.80. The molecule has 0 bridgehead atoms. The topological polar surface area (TPSA) is 91.8 Å². The van der Waals surface area contributed by atoms with Crippen LogP contribution in [-0.2, 0) is 14.3 Å². The average Bonchev–Trinajstić information content (AvgIpc) is 3.62. The van der Waals surface area contributed by atoms with Gasteiger partial charge in [-0.15, -0.1) is 0 Å². The molecule has 2 aromatic heterocycles. The number of nitrogens with one attached hydrogen (secondary N) is 1. The number of aromatic amines is 1. The fourth-order valence-electron chi connectivity index (χ4n) is 7.18. The van der Waals surface area contributed by atoms with Gasteiger partial charge in [0.1, 0.15) is 0 Å². The first-order valence-electron chi connectivity index (χ1n) is 15.7. The molecule has 3 saturated heterocycles. The maximum Gasteiger partial charge on any atom is 0.281 e. The smallest absolute Gasteiger partial charge is 0.281 e. The quantitative estimate of drug-likeness (QED) is 0.367. The Hall–Kier alpha value is -2.99. The van der Waals surface area contributed by atoms with Crippen molar-refractivity contribution in [2.45, 2.75) is 64.6 Å². The first-order chi connectivity index (χ1) is 21.1. The second-order valence-electron chi connectivity index (χ2n) is 12.7. The number of likely N-dealkylation sites (tertiary alicyclic amines) is 1. The van der Waals surface area contributed by atoms with Crippen molar-refractivity contribution in [2.75, 3.05) is 64.0 Å². The molecule has 3 aromatic rings. The predicted octanol–water partition coefficient (Wildman–Crippen LogP) is 5.05. The van der Waals surface area contributed by atoms with Crippen LogP contribution in [0.2, 0.25) is 5.02 Å². The summed E-state index contributed by atoms with van der Waals surface area (Å²) in [5.74, 6) is -0.630. The molecule has 3 fully saturated rings. The minimum atomic E-state index is -0.915. The van der Waals surface area contributed by atoms with Gasteiger partial charge in [-0.25, -0.2) is 4.39 Å². The van der Waals surface area contributed by atoms with E-state index in [1.807, 2.05) is 19.2 Å². The van der Waals surface area contributed by atoms with Crippen LogP contribution in [0, 0.1) is 13.8 Å². The molecule has 6 rings (SSSR count). The fourth-order valence-corrected chi connectivity index (χ4v) is 7.43. The Bertz CT molecular complexity index is 1540. The molecular formula is C32H43ClFN7O3. The SMILES string of the molecule is C=C(F)C(=O)N1CCC(n2nc(N3CCN(C[C@@H]4COCCO4)C[C@]3(C)CC)c(-c3c(Cl)c(C)cc4[nH]ncc34)c2C)CC1. The average molecular weight is 628 g/mol. The van der Waals surface area contributed by atoms with E-state index in [1.165, 1.54) is 0 Å². The lowest BCUT2D eigenvalue weighted by Crippen LogP contribution is -2.62. The van der Waals surface area contributed by atoms with Gasteiger partial charge in [-0.1, -0.05) is 25.1 Å². The maximum atomic E-state index is 13.6. The lowest BCUT2D eigenvalue weighted by Gasteiger charge is -2.50. The third-order valence-corrected chi connectivity index (χ3v) is 10.3. The third kappa shape index (κ3) is 5.63. The summed E-state index contributed by atoms with van der Waals surface area (Å²) in [6.07, 6.45) is 4.19. The Morgan fingerprint density at radius 2 is 1.98 bits per heavy atom. The lowest BCUT2D eigenvalue weighted by atomic mass is 9.91. The lowest BCUT2D eigenvalue weighted by molar-refractivity contribution is -0.129. The summed E-state index contributed by atoms with van der Waals surface area (Å²) in [7, 11) is 0. The monoisotopic (exact) mass is 627 g/mol.